The van der Waals surface area contributed by atoms with Crippen molar-refractivity contribution in [2.75, 3.05) is 0 Å². The number of azo groups is 2. The molecule has 0 N–H and O–H groups in total. The number of aromatic nitrogens is 2. The van der Waals surface area contributed by atoms with Gasteiger partial charge in [0.25, 0.3) is 0 Å². The topological polar surface area (TPSA) is 75.2 Å². The molecule has 0 amide bonds. The highest BCUT2D eigenvalue weighted by atomic mass is 32.1. The Hall–Kier alpha value is -3.32. The van der Waals surface area contributed by atoms with Gasteiger partial charge in [-0.15, -0.1) is 10.2 Å². The van der Waals surface area contributed by atoms with Gasteiger partial charge in [-0.3, -0.25) is 0 Å². The van der Waals surface area contributed by atoms with E-state index in [0.717, 1.165) is 35.9 Å². The summed E-state index contributed by atoms with van der Waals surface area (Å²) in [6.45, 7) is 4.48. The minimum Gasteiger partial charge on any atom is -0.170 e. The zero-order chi connectivity index (χ0) is 25.7. The van der Waals surface area contributed by atoms with E-state index in [1.807, 2.05) is 36.4 Å². The van der Waals surface area contributed by atoms with Gasteiger partial charge in [-0.1, -0.05) is 76.6 Å². The Morgan fingerprint density at radius 2 is 0.946 bits per heavy atom. The van der Waals surface area contributed by atoms with Gasteiger partial charge in [0.05, 0.1) is 23.1 Å². The highest BCUT2D eigenvalue weighted by Crippen LogP contribution is 2.34. The molecule has 0 saturated carbocycles. The fraction of sp³-hybridized carbons (Fsp3) is 0.400. The van der Waals surface area contributed by atoms with E-state index in [1.54, 1.807) is 0 Å². The van der Waals surface area contributed by atoms with E-state index in [-0.39, 0.29) is 0 Å². The van der Waals surface area contributed by atoms with E-state index in [9.17, 15) is 0 Å². The first-order valence-electron chi connectivity index (χ1n) is 13.5. The first-order valence-corrected chi connectivity index (χ1v) is 14.3. The van der Waals surface area contributed by atoms with Gasteiger partial charge in [0.15, 0.2) is 0 Å². The van der Waals surface area contributed by atoms with E-state index in [4.69, 9.17) is 0 Å². The van der Waals surface area contributed by atoms with Crippen LogP contribution in [-0.4, -0.2) is 8.75 Å². The second-order valence-electron chi connectivity index (χ2n) is 9.42. The molecule has 192 valence electrons. The van der Waals surface area contributed by atoms with Crippen molar-refractivity contribution >= 4 is 45.5 Å². The highest BCUT2D eigenvalue weighted by molar-refractivity contribution is 7.00. The molecule has 0 aliphatic heterocycles. The monoisotopic (exact) mass is 512 g/mol. The van der Waals surface area contributed by atoms with Gasteiger partial charge in [-0.2, -0.15) is 19.0 Å². The van der Waals surface area contributed by atoms with E-state index in [1.165, 1.54) is 62.5 Å². The predicted molar refractivity (Wildman–Crippen MR) is 154 cm³/mol. The van der Waals surface area contributed by atoms with Crippen molar-refractivity contribution in [3.05, 3.63) is 71.8 Å². The third kappa shape index (κ3) is 8.09. The second-order valence-corrected chi connectivity index (χ2v) is 9.95. The van der Waals surface area contributed by atoms with Crippen molar-refractivity contribution in [2.24, 2.45) is 20.5 Å². The molecule has 3 aromatic carbocycles. The van der Waals surface area contributed by atoms with Crippen LogP contribution in [0.25, 0.3) is 11.0 Å². The molecule has 0 bridgehead atoms. The van der Waals surface area contributed by atoms with Crippen LogP contribution in [0.1, 0.15) is 76.3 Å². The zero-order valence-electron chi connectivity index (χ0n) is 21.9. The largest absolute Gasteiger partial charge is 0.170 e. The summed E-state index contributed by atoms with van der Waals surface area (Å²) >= 11 is 1.15. The second kappa shape index (κ2) is 14.4. The van der Waals surface area contributed by atoms with E-state index in [2.05, 4.69) is 67.3 Å². The third-order valence-corrected chi connectivity index (χ3v) is 6.96. The van der Waals surface area contributed by atoms with Crippen LogP contribution in [0.15, 0.2) is 81.1 Å². The Labute approximate surface area is 224 Å². The molecule has 4 rings (SSSR count). The summed E-state index contributed by atoms with van der Waals surface area (Å²) in [5.74, 6) is 0. The molecule has 7 heteroatoms. The molecule has 1 heterocycles. The lowest BCUT2D eigenvalue weighted by atomic mass is 10.1. The number of fused-ring (bicyclic) bond motifs is 1. The standard InChI is InChI=1S/C30H36N6S/c1-3-5-7-9-11-23-13-17-25(18-14-23)31-33-27-21-22-28(30-29(27)35-37-36-30)34-32-26-19-15-24(16-20-26)12-10-8-6-4-2/h13-22H,3-12H2,1-2H3. The molecular weight excluding hydrogens is 476 g/mol. The quantitative estimate of drug-likeness (QED) is 0.124. The average molecular weight is 513 g/mol. The number of unbranched alkanes of at least 4 members (excludes halogenated alkanes) is 6. The molecule has 37 heavy (non-hydrogen) atoms. The van der Waals surface area contributed by atoms with E-state index < -0.39 is 0 Å². The number of hydrogen-bond acceptors (Lipinski definition) is 7. The Morgan fingerprint density at radius 3 is 1.35 bits per heavy atom. The number of nitrogens with zero attached hydrogens (tertiary/aromatic N) is 6. The molecule has 6 nitrogen and oxygen atoms in total. The Balaban J connectivity index is 1.39. The van der Waals surface area contributed by atoms with E-state index in [0.29, 0.717) is 22.4 Å². The summed E-state index contributed by atoms with van der Waals surface area (Å²) in [7, 11) is 0. The van der Waals surface area contributed by atoms with Gasteiger partial charge in [0.1, 0.15) is 22.4 Å². The fourth-order valence-electron chi connectivity index (χ4n) is 4.20. The maximum Gasteiger partial charge on any atom is 0.134 e. The molecule has 0 radical (unpaired) electrons. The normalized spacial score (nSPS) is 11.8. The lowest BCUT2D eigenvalue weighted by molar-refractivity contribution is 0.667. The predicted octanol–water partition coefficient (Wildman–Crippen LogP) is 10.8. The van der Waals surface area contributed by atoms with Gasteiger partial charge in [-0.25, -0.2) is 0 Å². The van der Waals surface area contributed by atoms with Gasteiger partial charge >= 0.3 is 0 Å². The summed E-state index contributed by atoms with van der Waals surface area (Å²) in [5, 5.41) is 17.8. The lowest BCUT2D eigenvalue weighted by Gasteiger charge is -2.02. The van der Waals surface area contributed by atoms with Crippen LogP contribution in [0.5, 0.6) is 0 Å². The molecular formula is C30H36N6S. The summed E-state index contributed by atoms with van der Waals surface area (Å²) in [6, 6.07) is 20.4. The minimum absolute atomic E-state index is 0.679. The van der Waals surface area contributed by atoms with E-state index >= 15 is 0 Å². The maximum absolute atomic E-state index is 4.45. The van der Waals surface area contributed by atoms with Crippen molar-refractivity contribution in [3.63, 3.8) is 0 Å². The first kappa shape index (κ1) is 26.7. The Bertz CT molecular complexity index is 1190. The van der Waals surface area contributed by atoms with Crippen LogP contribution in [0.2, 0.25) is 0 Å². The smallest absolute Gasteiger partial charge is 0.134 e. The number of benzene rings is 3. The van der Waals surface area contributed by atoms with Gasteiger partial charge in [0.2, 0.25) is 0 Å². The van der Waals surface area contributed by atoms with Crippen LogP contribution < -0.4 is 0 Å². The number of aryl methyl sites for hydroxylation is 2. The third-order valence-electron chi connectivity index (χ3n) is 6.43. The van der Waals surface area contributed by atoms with Crippen LogP contribution in [0, 0.1) is 0 Å². The molecule has 4 aromatic rings. The van der Waals surface area contributed by atoms with Gasteiger partial charge in [-0.05, 0) is 73.2 Å². The Morgan fingerprint density at radius 1 is 0.514 bits per heavy atom. The lowest BCUT2D eigenvalue weighted by Crippen LogP contribution is -1.84. The van der Waals surface area contributed by atoms with Gasteiger partial charge in [0, 0.05) is 0 Å². The number of hydrogen-bond donors (Lipinski definition) is 0. The maximum atomic E-state index is 4.45. The van der Waals surface area contributed by atoms with Crippen LogP contribution in [0.4, 0.5) is 22.7 Å². The van der Waals surface area contributed by atoms with Crippen molar-refractivity contribution in [2.45, 2.75) is 78.1 Å². The van der Waals surface area contributed by atoms with Crippen molar-refractivity contribution in [3.8, 4) is 0 Å². The summed E-state index contributed by atoms with van der Waals surface area (Å²) in [5.41, 5.74) is 7.09. The zero-order valence-corrected chi connectivity index (χ0v) is 22.8. The summed E-state index contributed by atoms with van der Waals surface area (Å²) < 4.78 is 8.88. The molecule has 0 atom stereocenters. The summed E-state index contributed by atoms with van der Waals surface area (Å²) in [6.07, 6.45) is 12.4. The van der Waals surface area contributed by atoms with Crippen molar-refractivity contribution < 1.29 is 0 Å². The fourth-order valence-corrected chi connectivity index (χ4v) is 4.76. The minimum atomic E-state index is 0.679. The van der Waals surface area contributed by atoms with Crippen molar-refractivity contribution in [1.29, 1.82) is 0 Å². The molecule has 0 spiro atoms. The van der Waals surface area contributed by atoms with Crippen LogP contribution in [-0.2, 0) is 12.8 Å². The molecule has 0 saturated heterocycles. The summed E-state index contributed by atoms with van der Waals surface area (Å²) in [4.78, 5) is 0. The number of rotatable bonds is 14. The average Bonchev–Trinajstić information content (AvgIpc) is 3.43. The van der Waals surface area contributed by atoms with Gasteiger partial charge < -0.3 is 0 Å². The first-order chi connectivity index (χ1) is 18.3. The highest BCUT2D eigenvalue weighted by Gasteiger charge is 2.10. The Kier molecular flexibility index (Phi) is 10.4. The SMILES string of the molecule is CCCCCCc1ccc(N=Nc2ccc(N=Nc3ccc(CCCCCC)cc3)c3nsnc23)cc1. The van der Waals surface area contributed by atoms with Crippen LogP contribution in [0.3, 0.4) is 0 Å². The molecule has 0 aliphatic rings. The molecule has 0 unspecified atom stereocenters. The molecule has 1 aromatic heterocycles. The molecule has 0 aliphatic carbocycles. The van der Waals surface area contributed by atoms with Crippen molar-refractivity contribution in [1.82, 2.24) is 8.75 Å². The molecule has 0 fully saturated rings. The van der Waals surface area contributed by atoms with Crippen LogP contribution >= 0.6 is 11.7 Å².